The molecule has 4 nitrogen and oxygen atoms in total. The molecule has 0 aliphatic heterocycles. The molecule has 0 bridgehead atoms. The average Bonchev–Trinajstić information content (AvgIpc) is 2.52. The summed E-state index contributed by atoms with van der Waals surface area (Å²) in [6.45, 7) is 7.67. The second-order valence-electron chi connectivity index (χ2n) is 5.56. The lowest BCUT2D eigenvalue weighted by Gasteiger charge is -2.20. The Labute approximate surface area is 134 Å². The van der Waals surface area contributed by atoms with E-state index in [2.05, 4.69) is 54.5 Å². The standard InChI is InChI=1S/C18H27N3O/c1-6-13-22-17-9-7-16(8-10-17)11-12-20-18(19-5)21-15(4)14(2)3/h1,7-10,14-15H,11-13H2,2-5H3,(H2,19,20,21). The van der Waals surface area contributed by atoms with Gasteiger partial charge in [-0.1, -0.05) is 31.9 Å². The van der Waals surface area contributed by atoms with Crippen LogP contribution in [0.2, 0.25) is 0 Å². The van der Waals surface area contributed by atoms with Gasteiger partial charge in [0, 0.05) is 19.6 Å². The number of hydrogen-bond acceptors (Lipinski definition) is 2. The van der Waals surface area contributed by atoms with Crippen LogP contribution in [-0.2, 0) is 6.42 Å². The van der Waals surface area contributed by atoms with Crippen LogP contribution in [0.3, 0.4) is 0 Å². The third kappa shape index (κ3) is 6.53. The van der Waals surface area contributed by atoms with E-state index in [4.69, 9.17) is 11.2 Å². The Morgan fingerprint density at radius 1 is 1.27 bits per heavy atom. The van der Waals surface area contributed by atoms with Crippen molar-refractivity contribution < 1.29 is 4.74 Å². The number of ether oxygens (including phenoxy) is 1. The highest BCUT2D eigenvalue weighted by Gasteiger charge is 2.08. The fourth-order valence-corrected chi connectivity index (χ4v) is 1.78. The Bertz CT molecular complexity index is 500. The summed E-state index contributed by atoms with van der Waals surface area (Å²) in [5.41, 5.74) is 1.24. The topological polar surface area (TPSA) is 45.6 Å². The van der Waals surface area contributed by atoms with E-state index in [1.165, 1.54) is 5.56 Å². The Balaban J connectivity index is 2.38. The molecule has 0 amide bonds. The van der Waals surface area contributed by atoms with Gasteiger partial charge in [-0.05, 0) is 37.0 Å². The largest absolute Gasteiger partial charge is 0.481 e. The molecule has 22 heavy (non-hydrogen) atoms. The summed E-state index contributed by atoms with van der Waals surface area (Å²) in [6.07, 6.45) is 6.09. The predicted octanol–water partition coefficient (Wildman–Crippen LogP) is 2.45. The van der Waals surface area contributed by atoms with Crippen molar-refractivity contribution in [3.8, 4) is 18.1 Å². The van der Waals surface area contributed by atoms with Crippen LogP contribution in [0.15, 0.2) is 29.3 Å². The van der Waals surface area contributed by atoms with Gasteiger partial charge in [0.2, 0.25) is 0 Å². The van der Waals surface area contributed by atoms with E-state index in [0.717, 1.165) is 24.7 Å². The van der Waals surface area contributed by atoms with Gasteiger partial charge >= 0.3 is 0 Å². The van der Waals surface area contributed by atoms with Crippen LogP contribution in [0.5, 0.6) is 5.75 Å². The third-order valence-electron chi connectivity index (χ3n) is 3.54. The first kappa shape index (κ1) is 17.9. The molecule has 0 aliphatic carbocycles. The van der Waals surface area contributed by atoms with E-state index in [-0.39, 0.29) is 0 Å². The van der Waals surface area contributed by atoms with Crippen molar-refractivity contribution in [3.05, 3.63) is 29.8 Å². The van der Waals surface area contributed by atoms with Gasteiger partial charge < -0.3 is 15.4 Å². The third-order valence-corrected chi connectivity index (χ3v) is 3.54. The first-order valence-electron chi connectivity index (χ1n) is 7.69. The molecule has 1 rings (SSSR count). The number of terminal acetylenes is 1. The predicted molar refractivity (Wildman–Crippen MR) is 93.3 cm³/mol. The van der Waals surface area contributed by atoms with E-state index in [1.807, 2.05) is 12.1 Å². The van der Waals surface area contributed by atoms with E-state index < -0.39 is 0 Å². The summed E-state index contributed by atoms with van der Waals surface area (Å²) >= 11 is 0. The number of benzene rings is 1. The monoisotopic (exact) mass is 301 g/mol. The summed E-state index contributed by atoms with van der Waals surface area (Å²) in [5, 5.41) is 6.72. The highest BCUT2D eigenvalue weighted by Crippen LogP contribution is 2.12. The van der Waals surface area contributed by atoms with E-state index >= 15 is 0 Å². The van der Waals surface area contributed by atoms with Crippen molar-refractivity contribution >= 4 is 5.96 Å². The fraction of sp³-hybridized carbons (Fsp3) is 0.500. The first-order chi connectivity index (χ1) is 10.6. The molecule has 4 heteroatoms. The summed E-state index contributed by atoms with van der Waals surface area (Å²) in [6, 6.07) is 8.39. The van der Waals surface area contributed by atoms with E-state index in [0.29, 0.717) is 18.6 Å². The van der Waals surface area contributed by atoms with Crippen LogP contribution in [-0.4, -0.2) is 32.2 Å². The Morgan fingerprint density at radius 3 is 2.50 bits per heavy atom. The van der Waals surface area contributed by atoms with Crippen molar-refractivity contribution in [1.29, 1.82) is 0 Å². The lowest BCUT2D eigenvalue weighted by atomic mass is 10.1. The molecule has 2 N–H and O–H groups in total. The molecular formula is C18H27N3O. The lowest BCUT2D eigenvalue weighted by Crippen LogP contribution is -2.44. The zero-order chi connectivity index (χ0) is 16.4. The summed E-state index contributed by atoms with van der Waals surface area (Å²) in [7, 11) is 1.79. The number of hydrogen-bond donors (Lipinski definition) is 2. The molecule has 1 aromatic rings. The Hall–Kier alpha value is -2.15. The molecule has 0 aliphatic rings. The minimum absolute atomic E-state index is 0.303. The highest BCUT2D eigenvalue weighted by atomic mass is 16.5. The lowest BCUT2D eigenvalue weighted by molar-refractivity contribution is 0.370. The zero-order valence-corrected chi connectivity index (χ0v) is 14.0. The zero-order valence-electron chi connectivity index (χ0n) is 14.0. The van der Waals surface area contributed by atoms with Crippen molar-refractivity contribution in [3.63, 3.8) is 0 Å². The average molecular weight is 301 g/mol. The van der Waals surface area contributed by atoms with Gasteiger partial charge in [0.25, 0.3) is 0 Å². The van der Waals surface area contributed by atoms with Crippen LogP contribution < -0.4 is 15.4 Å². The number of guanidine groups is 1. The van der Waals surface area contributed by atoms with Gasteiger partial charge in [-0.2, -0.15) is 0 Å². The van der Waals surface area contributed by atoms with Crippen molar-refractivity contribution in [2.45, 2.75) is 33.2 Å². The molecule has 0 saturated heterocycles. The molecular weight excluding hydrogens is 274 g/mol. The van der Waals surface area contributed by atoms with E-state index in [1.54, 1.807) is 7.05 Å². The summed E-state index contributed by atoms with van der Waals surface area (Å²) < 4.78 is 5.36. The molecule has 1 atom stereocenters. The minimum atomic E-state index is 0.303. The maximum atomic E-state index is 5.36. The van der Waals surface area contributed by atoms with Crippen LogP contribution in [0.25, 0.3) is 0 Å². The normalized spacial score (nSPS) is 12.6. The van der Waals surface area contributed by atoms with Gasteiger partial charge in [-0.15, -0.1) is 6.42 Å². The second-order valence-corrected chi connectivity index (χ2v) is 5.56. The molecule has 0 aromatic heterocycles. The van der Waals surface area contributed by atoms with Crippen LogP contribution in [0, 0.1) is 18.3 Å². The summed E-state index contributed by atoms with van der Waals surface area (Å²) in [5.74, 6) is 4.67. The molecule has 0 saturated carbocycles. The van der Waals surface area contributed by atoms with Crippen LogP contribution >= 0.6 is 0 Å². The van der Waals surface area contributed by atoms with Crippen molar-refractivity contribution in [1.82, 2.24) is 10.6 Å². The molecule has 0 radical (unpaired) electrons. The SMILES string of the molecule is C#CCOc1ccc(CCNC(=NC)NC(C)C(C)C)cc1. The van der Waals surface area contributed by atoms with Gasteiger partial charge in [0.15, 0.2) is 5.96 Å². The molecule has 1 unspecified atom stereocenters. The second kappa shape index (κ2) is 9.73. The molecule has 1 aromatic carbocycles. The van der Waals surface area contributed by atoms with Gasteiger partial charge in [-0.25, -0.2) is 0 Å². The Morgan fingerprint density at radius 2 is 1.95 bits per heavy atom. The van der Waals surface area contributed by atoms with Crippen LogP contribution in [0.4, 0.5) is 0 Å². The van der Waals surface area contributed by atoms with Gasteiger partial charge in [0.05, 0.1) is 0 Å². The molecule has 0 heterocycles. The first-order valence-corrected chi connectivity index (χ1v) is 7.69. The maximum Gasteiger partial charge on any atom is 0.191 e. The van der Waals surface area contributed by atoms with Gasteiger partial charge in [-0.3, -0.25) is 4.99 Å². The quantitative estimate of drug-likeness (QED) is 0.462. The smallest absolute Gasteiger partial charge is 0.191 e. The minimum Gasteiger partial charge on any atom is -0.481 e. The number of aliphatic imine (C=N–C) groups is 1. The van der Waals surface area contributed by atoms with E-state index in [9.17, 15) is 0 Å². The number of nitrogens with one attached hydrogen (secondary N) is 2. The molecule has 0 spiro atoms. The maximum absolute atomic E-state index is 5.36. The number of nitrogens with zero attached hydrogens (tertiary/aromatic N) is 1. The van der Waals surface area contributed by atoms with Crippen LogP contribution in [0.1, 0.15) is 26.3 Å². The number of rotatable bonds is 7. The fourth-order valence-electron chi connectivity index (χ4n) is 1.78. The highest BCUT2D eigenvalue weighted by molar-refractivity contribution is 5.79. The van der Waals surface area contributed by atoms with Crippen molar-refractivity contribution in [2.75, 3.05) is 20.2 Å². The Kier molecular flexibility index (Phi) is 7.91. The van der Waals surface area contributed by atoms with Crippen molar-refractivity contribution in [2.24, 2.45) is 10.9 Å². The molecule has 120 valence electrons. The summed E-state index contributed by atoms with van der Waals surface area (Å²) in [4.78, 5) is 4.25. The molecule has 0 fully saturated rings. The van der Waals surface area contributed by atoms with Gasteiger partial charge in [0.1, 0.15) is 12.4 Å².